The van der Waals surface area contributed by atoms with E-state index in [1.807, 2.05) is 30.5 Å². The summed E-state index contributed by atoms with van der Waals surface area (Å²) in [5.41, 5.74) is 5.29. The standard InChI is InChI=1S/C25H23N3O2S/c1-4-17-10-11-26-21(12-17)23-14-19(25(29)30-5-2)13-22(28-23)20-8-7-18(15-27-20)24-9-6-16(3)31-24/h6-15H,4-5H2,1-3H3. The molecule has 4 aromatic rings. The zero-order valence-corrected chi connectivity index (χ0v) is 18.6. The summed E-state index contributed by atoms with van der Waals surface area (Å²) < 4.78 is 5.23. The highest BCUT2D eigenvalue weighted by atomic mass is 32.1. The number of thiophene rings is 1. The van der Waals surface area contributed by atoms with Gasteiger partial charge >= 0.3 is 5.97 Å². The Hall–Kier alpha value is -3.38. The Morgan fingerprint density at radius 3 is 2.39 bits per heavy atom. The average Bonchev–Trinajstić information content (AvgIpc) is 3.25. The first-order chi connectivity index (χ1) is 15.1. The average molecular weight is 430 g/mol. The summed E-state index contributed by atoms with van der Waals surface area (Å²) in [6.45, 7) is 6.28. The monoisotopic (exact) mass is 429 g/mol. The summed E-state index contributed by atoms with van der Waals surface area (Å²) in [5.74, 6) is -0.385. The Balaban J connectivity index is 1.77. The molecule has 0 aliphatic rings. The van der Waals surface area contributed by atoms with Crippen LogP contribution in [0.3, 0.4) is 0 Å². The number of pyridine rings is 3. The fraction of sp³-hybridized carbons (Fsp3) is 0.200. The Bertz CT molecular complexity index is 1220. The van der Waals surface area contributed by atoms with Crippen LogP contribution in [-0.4, -0.2) is 27.5 Å². The van der Waals surface area contributed by atoms with Crippen molar-refractivity contribution in [1.29, 1.82) is 0 Å². The van der Waals surface area contributed by atoms with Crippen LogP contribution >= 0.6 is 11.3 Å². The molecule has 0 saturated carbocycles. The van der Waals surface area contributed by atoms with Gasteiger partial charge in [0.05, 0.1) is 34.9 Å². The third-order valence-electron chi connectivity index (χ3n) is 4.88. The quantitative estimate of drug-likeness (QED) is 0.353. The normalized spacial score (nSPS) is 10.8. The molecule has 0 atom stereocenters. The molecule has 5 nitrogen and oxygen atoms in total. The molecule has 31 heavy (non-hydrogen) atoms. The van der Waals surface area contributed by atoms with E-state index in [9.17, 15) is 4.79 Å². The lowest BCUT2D eigenvalue weighted by Crippen LogP contribution is -2.06. The number of carbonyl (C=O) groups excluding carboxylic acids is 1. The third kappa shape index (κ3) is 4.70. The van der Waals surface area contributed by atoms with Crippen LogP contribution in [0.15, 0.2) is 60.9 Å². The molecule has 0 aliphatic carbocycles. The van der Waals surface area contributed by atoms with Crippen LogP contribution in [0.4, 0.5) is 0 Å². The third-order valence-corrected chi connectivity index (χ3v) is 5.93. The molecule has 0 amide bonds. The van der Waals surface area contributed by atoms with Crippen LogP contribution in [0, 0.1) is 6.92 Å². The van der Waals surface area contributed by atoms with Crippen molar-refractivity contribution in [1.82, 2.24) is 15.0 Å². The maximum atomic E-state index is 12.5. The molecule has 156 valence electrons. The van der Waals surface area contributed by atoms with Crippen LogP contribution in [0.1, 0.15) is 34.6 Å². The van der Waals surface area contributed by atoms with Crippen molar-refractivity contribution in [3.05, 3.63) is 76.9 Å². The molecule has 0 unspecified atom stereocenters. The largest absolute Gasteiger partial charge is 0.462 e. The molecule has 0 aromatic carbocycles. The molecule has 0 fully saturated rings. The van der Waals surface area contributed by atoms with Crippen molar-refractivity contribution < 1.29 is 9.53 Å². The minimum absolute atomic E-state index is 0.308. The highest BCUT2D eigenvalue weighted by Gasteiger charge is 2.15. The predicted molar refractivity (Wildman–Crippen MR) is 124 cm³/mol. The molecule has 4 heterocycles. The van der Waals surface area contributed by atoms with Gasteiger partial charge in [-0.25, -0.2) is 9.78 Å². The number of nitrogens with zero attached hydrogens (tertiary/aromatic N) is 3. The number of rotatable bonds is 6. The maximum absolute atomic E-state index is 12.5. The van der Waals surface area contributed by atoms with Gasteiger partial charge in [-0.15, -0.1) is 11.3 Å². The lowest BCUT2D eigenvalue weighted by atomic mass is 10.1. The number of carbonyl (C=O) groups is 1. The Morgan fingerprint density at radius 2 is 1.74 bits per heavy atom. The summed E-state index contributed by atoms with van der Waals surface area (Å²) in [4.78, 5) is 28.8. The first kappa shape index (κ1) is 20.9. The van der Waals surface area contributed by atoms with Gasteiger partial charge < -0.3 is 4.74 Å². The first-order valence-corrected chi connectivity index (χ1v) is 11.1. The van der Waals surface area contributed by atoms with Crippen molar-refractivity contribution in [3.63, 3.8) is 0 Å². The van der Waals surface area contributed by atoms with E-state index in [1.165, 1.54) is 9.75 Å². The van der Waals surface area contributed by atoms with E-state index in [-0.39, 0.29) is 5.97 Å². The SMILES string of the molecule is CCOC(=O)c1cc(-c2ccc(-c3ccc(C)s3)cn2)nc(-c2cc(CC)ccn2)c1. The number of esters is 1. The van der Waals surface area contributed by atoms with Gasteiger partial charge in [-0.2, -0.15) is 0 Å². The van der Waals surface area contributed by atoms with Gasteiger partial charge in [0.1, 0.15) is 0 Å². The van der Waals surface area contributed by atoms with Gasteiger partial charge in [-0.05, 0) is 74.4 Å². The van der Waals surface area contributed by atoms with Gasteiger partial charge in [0, 0.05) is 27.7 Å². The summed E-state index contributed by atoms with van der Waals surface area (Å²) in [5, 5.41) is 0. The molecule has 0 radical (unpaired) electrons. The van der Waals surface area contributed by atoms with E-state index in [2.05, 4.69) is 35.9 Å². The maximum Gasteiger partial charge on any atom is 0.338 e. The fourth-order valence-corrected chi connectivity index (χ4v) is 4.10. The van der Waals surface area contributed by atoms with E-state index < -0.39 is 0 Å². The van der Waals surface area contributed by atoms with Crippen LogP contribution in [-0.2, 0) is 11.2 Å². The Morgan fingerprint density at radius 1 is 0.935 bits per heavy atom. The van der Waals surface area contributed by atoms with Crippen molar-refractivity contribution in [2.24, 2.45) is 0 Å². The number of hydrogen-bond acceptors (Lipinski definition) is 6. The predicted octanol–water partition coefficient (Wildman–Crippen LogP) is 5.98. The minimum Gasteiger partial charge on any atom is -0.462 e. The highest BCUT2D eigenvalue weighted by molar-refractivity contribution is 7.15. The molecule has 0 saturated heterocycles. The lowest BCUT2D eigenvalue weighted by Gasteiger charge is -2.09. The smallest absolute Gasteiger partial charge is 0.338 e. The van der Waals surface area contributed by atoms with Crippen LogP contribution < -0.4 is 0 Å². The van der Waals surface area contributed by atoms with Crippen molar-refractivity contribution in [2.75, 3.05) is 6.61 Å². The van der Waals surface area contributed by atoms with Gasteiger partial charge in [-0.1, -0.05) is 6.92 Å². The minimum atomic E-state index is -0.385. The fourth-order valence-electron chi connectivity index (χ4n) is 3.24. The topological polar surface area (TPSA) is 65.0 Å². The van der Waals surface area contributed by atoms with Gasteiger partial charge in [0.25, 0.3) is 0 Å². The molecule has 6 heteroatoms. The molecule has 0 bridgehead atoms. The van der Waals surface area contributed by atoms with Crippen LogP contribution in [0.2, 0.25) is 0 Å². The summed E-state index contributed by atoms with van der Waals surface area (Å²) in [6, 6.07) is 15.6. The second-order valence-corrected chi connectivity index (χ2v) is 8.38. The van der Waals surface area contributed by atoms with Gasteiger partial charge in [-0.3, -0.25) is 9.97 Å². The van der Waals surface area contributed by atoms with E-state index in [1.54, 1.807) is 36.6 Å². The zero-order valence-electron chi connectivity index (χ0n) is 17.8. The number of aromatic nitrogens is 3. The highest BCUT2D eigenvalue weighted by Crippen LogP contribution is 2.29. The second-order valence-electron chi connectivity index (χ2n) is 7.09. The van der Waals surface area contributed by atoms with E-state index in [0.29, 0.717) is 29.3 Å². The van der Waals surface area contributed by atoms with Crippen molar-refractivity contribution >= 4 is 17.3 Å². The molecular weight excluding hydrogens is 406 g/mol. The Kier molecular flexibility index (Phi) is 6.18. The molecule has 0 aliphatic heterocycles. The van der Waals surface area contributed by atoms with Gasteiger partial charge in [0.2, 0.25) is 0 Å². The van der Waals surface area contributed by atoms with E-state index >= 15 is 0 Å². The first-order valence-electron chi connectivity index (χ1n) is 10.2. The number of aryl methyl sites for hydroxylation is 2. The molecule has 4 aromatic heterocycles. The van der Waals surface area contributed by atoms with Gasteiger partial charge in [0.15, 0.2) is 0 Å². The second kappa shape index (κ2) is 9.18. The summed E-state index contributed by atoms with van der Waals surface area (Å²) >= 11 is 1.73. The molecule has 4 rings (SSSR count). The molecule has 0 spiro atoms. The van der Waals surface area contributed by atoms with Crippen molar-refractivity contribution in [2.45, 2.75) is 27.2 Å². The summed E-state index contributed by atoms with van der Waals surface area (Å²) in [6.07, 6.45) is 4.50. The molecular formula is C25H23N3O2S. The van der Waals surface area contributed by atoms with Crippen LogP contribution in [0.5, 0.6) is 0 Å². The zero-order chi connectivity index (χ0) is 21.8. The van der Waals surface area contributed by atoms with Crippen molar-refractivity contribution in [3.8, 4) is 33.2 Å². The van der Waals surface area contributed by atoms with Crippen LogP contribution in [0.25, 0.3) is 33.2 Å². The van der Waals surface area contributed by atoms with E-state index in [0.717, 1.165) is 23.2 Å². The number of ether oxygens (including phenoxy) is 1. The lowest BCUT2D eigenvalue weighted by molar-refractivity contribution is 0.0526. The number of hydrogen-bond donors (Lipinski definition) is 0. The summed E-state index contributed by atoms with van der Waals surface area (Å²) in [7, 11) is 0. The van der Waals surface area contributed by atoms with E-state index in [4.69, 9.17) is 9.72 Å². The molecule has 0 N–H and O–H groups in total. The Labute approximate surface area is 185 Å².